The Morgan fingerprint density at radius 2 is 1.76 bits per heavy atom. The fraction of sp³-hybridized carbons (Fsp3) is 0.625. The van der Waals surface area contributed by atoms with Crippen molar-refractivity contribution >= 4 is 0 Å². The minimum absolute atomic E-state index is 0.179. The number of hydrogen-bond donors (Lipinski definition) is 1. The summed E-state index contributed by atoms with van der Waals surface area (Å²) in [6, 6.07) is 3.03. The van der Waals surface area contributed by atoms with Crippen molar-refractivity contribution in [3.8, 4) is 0 Å². The Hall–Kier alpha value is -1.10. The second kappa shape index (κ2) is 6.77. The van der Waals surface area contributed by atoms with Gasteiger partial charge in [-0.2, -0.15) is 13.2 Å². The number of nitrogens with one attached hydrogen (secondary N) is 1. The van der Waals surface area contributed by atoms with Gasteiger partial charge in [-0.15, -0.1) is 0 Å². The molecule has 1 N–H and O–H groups in total. The van der Waals surface area contributed by atoms with Crippen molar-refractivity contribution in [1.82, 2.24) is 5.32 Å². The van der Waals surface area contributed by atoms with E-state index >= 15 is 0 Å². The highest BCUT2D eigenvalue weighted by Crippen LogP contribution is 2.38. The van der Waals surface area contributed by atoms with Gasteiger partial charge in [-0.1, -0.05) is 33.8 Å². The standard InChI is InChI=1S/C16H23F4N/c1-5-9-21-14(15(3,4)6-2)11-7-8-12(13(17)10-11)16(18,19)20/h7-8,10,14,21H,5-6,9H2,1-4H3. The fourth-order valence-electron chi connectivity index (χ4n) is 2.28. The van der Waals surface area contributed by atoms with Gasteiger partial charge in [-0.05, 0) is 42.5 Å². The second-order valence-electron chi connectivity index (χ2n) is 5.97. The molecule has 120 valence electrons. The summed E-state index contributed by atoms with van der Waals surface area (Å²) in [6.07, 6.45) is -2.92. The van der Waals surface area contributed by atoms with Crippen LogP contribution in [-0.4, -0.2) is 6.54 Å². The summed E-state index contributed by atoms with van der Waals surface area (Å²) in [6.45, 7) is 8.81. The average molecular weight is 305 g/mol. The quantitative estimate of drug-likeness (QED) is 0.701. The third-order valence-electron chi connectivity index (χ3n) is 3.92. The summed E-state index contributed by atoms with van der Waals surface area (Å²) in [5.74, 6) is -1.21. The molecule has 1 aromatic carbocycles. The topological polar surface area (TPSA) is 12.0 Å². The van der Waals surface area contributed by atoms with Gasteiger partial charge >= 0.3 is 6.18 Å². The van der Waals surface area contributed by atoms with E-state index in [1.54, 1.807) is 0 Å². The van der Waals surface area contributed by atoms with Crippen molar-refractivity contribution in [2.45, 2.75) is 52.8 Å². The summed E-state index contributed by atoms with van der Waals surface area (Å²) in [7, 11) is 0. The zero-order valence-electron chi connectivity index (χ0n) is 12.9. The lowest BCUT2D eigenvalue weighted by Gasteiger charge is -2.35. The van der Waals surface area contributed by atoms with Crippen LogP contribution in [0.4, 0.5) is 17.6 Å². The van der Waals surface area contributed by atoms with E-state index in [0.29, 0.717) is 5.56 Å². The summed E-state index contributed by atoms with van der Waals surface area (Å²) in [5, 5.41) is 3.31. The van der Waals surface area contributed by atoms with Crippen LogP contribution in [-0.2, 0) is 6.18 Å². The molecule has 0 aliphatic rings. The Bertz CT molecular complexity index is 466. The summed E-state index contributed by atoms with van der Waals surface area (Å²) < 4.78 is 51.7. The molecule has 0 radical (unpaired) electrons. The Morgan fingerprint density at radius 1 is 1.14 bits per heavy atom. The number of benzene rings is 1. The van der Waals surface area contributed by atoms with E-state index in [4.69, 9.17) is 0 Å². The first kappa shape index (κ1) is 18.0. The van der Waals surface area contributed by atoms with Crippen molar-refractivity contribution in [3.63, 3.8) is 0 Å². The first-order valence-corrected chi connectivity index (χ1v) is 7.23. The normalized spacial score (nSPS) is 14.3. The summed E-state index contributed by atoms with van der Waals surface area (Å²) >= 11 is 0. The van der Waals surface area contributed by atoms with Crippen LogP contribution in [0.5, 0.6) is 0 Å². The molecule has 0 aliphatic heterocycles. The third-order valence-corrected chi connectivity index (χ3v) is 3.92. The minimum atomic E-state index is -4.66. The molecule has 21 heavy (non-hydrogen) atoms. The lowest BCUT2D eigenvalue weighted by atomic mass is 9.78. The molecule has 1 nitrogen and oxygen atoms in total. The van der Waals surface area contributed by atoms with E-state index in [2.05, 4.69) is 5.32 Å². The molecule has 1 rings (SSSR count). The molecule has 0 bridgehead atoms. The van der Waals surface area contributed by atoms with Crippen molar-refractivity contribution < 1.29 is 17.6 Å². The van der Waals surface area contributed by atoms with Crippen LogP contribution in [0.25, 0.3) is 0 Å². The van der Waals surface area contributed by atoms with Crippen LogP contribution in [0.1, 0.15) is 57.7 Å². The van der Waals surface area contributed by atoms with E-state index in [0.717, 1.165) is 31.5 Å². The molecule has 0 spiro atoms. The number of hydrogen-bond acceptors (Lipinski definition) is 1. The van der Waals surface area contributed by atoms with Crippen molar-refractivity contribution in [2.24, 2.45) is 5.41 Å². The molecular weight excluding hydrogens is 282 g/mol. The van der Waals surface area contributed by atoms with E-state index in [1.165, 1.54) is 6.07 Å². The van der Waals surface area contributed by atoms with E-state index in [-0.39, 0.29) is 11.5 Å². The molecule has 1 unspecified atom stereocenters. The SMILES string of the molecule is CCCNC(c1ccc(C(F)(F)F)c(F)c1)C(C)(C)CC. The van der Waals surface area contributed by atoms with Crippen LogP contribution in [0.2, 0.25) is 0 Å². The Kier molecular flexibility index (Phi) is 5.79. The van der Waals surface area contributed by atoms with Gasteiger partial charge in [0.15, 0.2) is 0 Å². The molecule has 0 fully saturated rings. The third kappa shape index (κ3) is 4.43. The Labute approximate surface area is 123 Å². The first-order chi connectivity index (χ1) is 9.63. The van der Waals surface area contributed by atoms with Gasteiger partial charge in [-0.3, -0.25) is 0 Å². The minimum Gasteiger partial charge on any atom is -0.309 e. The maximum atomic E-state index is 13.8. The van der Waals surface area contributed by atoms with E-state index in [1.807, 2.05) is 27.7 Å². The van der Waals surface area contributed by atoms with Gasteiger partial charge in [0.05, 0.1) is 5.56 Å². The molecule has 0 amide bonds. The van der Waals surface area contributed by atoms with Crippen LogP contribution in [0.15, 0.2) is 18.2 Å². The molecular formula is C16H23F4N. The summed E-state index contributed by atoms with van der Waals surface area (Å²) in [4.78, 5) is 0. The monoisotopic (exact) mass is 305 g/mol. The predicted octanol–water partition coefficient (Wildman–Crippen LogP) is 5.32. The Balaban J connectivity index is 3.18. The van der Waals surface area contributed by atoms with Gasteiger partial charge in [-0.25, -0.2) is 4.39 Å². The van der Waals surface area contributed by atoms with Crippen molar-refractivity contribution in [1.29, 1.82) is 0 Å². The second-order valence-corrected chi connectivity index (χ2v) is 5.97. The Morgan fingerprint density at radius 3 is 2.19 bits per heavy atom. The smallest absolute Gasteiger partial charge is 0.309 e. The lowest BCUT2D eigenvalue weighted by molar-refractivity contribution is -0.140. The molecule has 0 heterocycles. The highest BCUT2D eigenvalue weighted by molar-refractivity contribution is 5.29. The van der Waals surface area contributed by atoms with Gasteiger partial charge in [0, 0.05) is 6.04 Å². The van der Waals surface area contributed by atoms with Crippen LogP contribution < -0.4 is 5.32 Å². The molecule has 0 saturated carbocycles. The molecule has 0 saturated heterocycles. The number of halogens is 4. The lowest BCUT2D eigenvalue weighted by Crippen LogP contribution is -2.34. The van der Waals surface area contributed by atoms with Gasteiger partial charge in [0.25, 0.3) is 0 Å². The first-order valence-electron chi connectivity index (χ1n) is 7.23. The molecule has 0 aromatic heterocycles. The highest BCUT2D eigenvalue weighted by atomic mass is 19.4. The summed E-state index contributed by atoms with van der Waals surface area (Å²) in [5.41, 5.74) is -0.836. The maximum Gasteiger partial charge on any atom is 0.419 e. The van der Waals surface area contributed by atoms with Crippen LogP contribution >= 0.6 is 0 Å². The molecule has 1 atom stereocenters. The van der Waals surface area contributed by atoms with Gasteiger partial charge in [0.1, 0.15) is 5.82 Å². The number of rotatable bonds is 6. The van der Waals surface area contributed by atoms with Crippen molar-refractivity contribution in [2.75, 3.05) is 6.54 Å². The van der Waals surface area contributed by atoms with Gasteiger partial charge < -0.3 is 5.32 Å². The zero-order chi connectivity index (χ0) is 16.3. The average Bonchev–Trinajstić information content (AvgIpc) is 2.37. The largest absolute Gasteiger partial charge is 0.419 e. The molecule has 1 aromatic rings. The van der Waals surface area contributed by atoms with Crippen LogP contribution in [0, 0.1) is 11.2 Å². The van der Waals surface area contributed by atoms with Crippen LogP contribution in [0.3, 0.4) is 0 Å². The van der Waals surface area contributed by atoms with E-state index < -0.39 is 17.6 Å². The highest BCUT2D eigenvalue weighted by Gasteiger charge is 2.35. The number of alkyl halides is 3. The van der Waals surface area contributed by atoms with Crippen molar-refractivity contribution in [3.05, 3.63) is 35.1 Å². The van der Waals surface area contributed by atoms with Gasteiger partial charge in [0.2, 0.25) is 0 Å². The fourth-order valence-corrected chi connectivity index (χ4v) is 2.28. The molecule has 5 heteroatoms. The molecule has 0 aliphatic carbocycles. The zero-order valence-corrected chi connectivity index (χ0v) is 12.9. The van der Waals surface area contributed by atoms with E-state index in [9.17, 15) is 17.6 Å². The predicted molar refractivity (Wildman–Crippen MR) is 76.5 cm³/mol. The maximum absolute atomic E-state index is 13.8.